The van der Waals surface area contributed by atoms with Crippen LogP contribution >= 0.6 is 11.3 Å². The minimum atomic E-state index is -0.403. The van der Waals surface area contributed by atoms with Crippen LogP contribution in [0.2, 0.25) is 0 Å². The summed E-state index contributed by atoms with van der Waals surface area (Å²) in [5, 5.41) is 6.86. The second kappa shape index (κ2) is 12.4. The highest BCUT2D eigenvalue weighted by molar-refractivity contribution is 7.26. The Balaban J connectivity index is 1.17. The number of benzene rings is 9. The van der Waals surface area contributed by atoms with Crippen LogP contribution in [-0.2, 0) is 0 Å². The molecule has 11 rings (SSSR count). The van der Waals surface area contributed by atoms with Gasteiger partial charge in [-0.2, -0.15) is 0 Å². The van der Waals surface area contributed by atoms with E-state index in [-0.39, 0.29) is 29.7 Å². The third-order valence-corrected chi connectivity index (χ3v) is 11.7. The highest BCUT2D eigenvalue weighted by Crippen LogP contribution is 2.49. The van der Waals surface area contributed by atoms with Crippen molar-refractivity contribution in [3.05, 3.63) is 194 Å². The molecule has 0 atom stereocenters. The smallest absolute Gasteiger partial charge is 0.136 e. The largest absolute Gasteiger partial charge is 0.456 e. The molecule has 0 saturated heterocycles. The summed E-state index contributed by atoms with van der Waals surface area (Å²) >= 11 is 1.78. The molecule has 2 heteroatoms. The van der Waals surface area contributed by atoms with Gasteiger partial charge in [-0.05, 0) is 102 Å². The molecule has 0 fully saturated rings. The van der Waals surface area contributed by atoms with Crippen molar-refractivity contribution in [1.29, 1.82) is 0 Å². The lowest BCUT2D eigenvalue weighted by Gasteiger charge is -2.19. The number of fused-ring (bicyclic) bond motifs is 6. The second-order valence-corrected chi connectivity index (χ2v) is 14.7. The third-order valence-electron chi connectivity index (χ3n) is 10.6. The summed E-state index contributed by atoms with van der Waals surface area (Å²) < 4.78 is 52.4. The Hall–Kier alpha value is -6.74. The Labute approximate surface area is 324 Å². The average Bonchev–Trinajstić information content (AvgIpc) is 3.89. The molecule has 11 aromatic rings. The molecule has 2 aromatic heterocycles. The Kier molecular flexibility index (Phi) is 6.01. The van der Waals surface area contributed by atoms with Gasteiger partial charge in [-0.25, -0.2) is 0 Å². The molecule has 0 spiro atoms. The molecular formula is C52H32OS. The van der Waals surface area contributed by atoms with Gasteiger partial charge in [0.05, 0.1) is 6.85 Å². The maximum Gasteiger partial charge on any atom is 0.136 e. The molecule has 2 heterocycles. The molecule has 0 aliphatic rings. The van der Waals surface area contributed by atoms with Crippen LogP contribution in [0.5, 0.6) is 0 Å². The zero-order valence-electron chi connectivity index (χ0n) is 33.9. The Morgan fingerprint density at radius 1 is 0.407 bits per heavy atom. The SMILES string of the molecule is [2H]c1c([2H])c([2H])c(-c2c3ccccc3c(-c3cc(-c4ccc5oc(-c6ccccc6-c6ccccc6)cc5c4)cc4sc5ccccc5c34)c3ccccc23)c([2H])c1[2H]. The molecule has 9 aromatic carbocycles. The van der Waals surface area contributed by atoms with Crippen LogP contribution in [0.3, 0.4) is 0 Å². The molecular weight excluding hydrogens is 673 g/mol. The molecule has 0 saturated carbocycles. The van der Waals surface area contributed by atoms with Crippen molar-refractivity contribution in [1.82, 2.24) is 0 Å². The summed E-state index contributed by atoms with van der Waals surface area (Å²) in [6.45, 7) is 0. The molecule has 0 bridgehead atoms. The van der Waals surface area contributed by atoms with Gasteiger partial charge in [0, 0.05) is 31.1 Å². The minimum absolute atomic E-state index is 0.203. The van der Waals surface area contributed by atoms with Crippen LogP contribution in [0.25, 0.3) is 109 Å². The standard InChI is InChI=1S/C52H32OS/c1-3-15-33(16-4-1)38-19-7-8-20-39(38)47-31-37-29-35(27-28-46(37)53-47)36-30-45(52-44-25-13-14-26-48(44)54-49(52)32-36)51-42-23-11-9-21-40(42)50(34-17-5-2-6-18-34)41-22-10-12-24-43(41)51/h1-32H/i2D,5D,6D,17D,18D. The van der Waals surface area contributed by atoms with E-state index in [0.717, 1.165) is 87.3 Å². The zero-order chi connectivity index (χ0) is 39.9. The zero-order valence-corrected chi connectivity index (χ0v) is 29.7. The van der Waals surface area contributed by atoms with Crippen LogP contribution in [0.15, 0.2) is 198 Å². The van der Waals surface area contributed by atoms with Gasteiger partial charge in [-0.3, -0.25) is 0 Å². The number of furan rings is 1. The molecule has 1 nitrogen and oxygen atoms in total. The lowest BCUT2D eigenvalue weighted by Crippen LogP contribution is -1.92. The van der Waals surface area contributed by atoms with E-state index in [0.29, 0.717) is 5.56 Å². The van der Waals surface area contributed by atoms with E-state index in [1.165, 1.54) is 10.1 Å². The van der Waals surface area contributed by atoms with Crippen LogP contribution < -0.4 is 0 Å². The summed E-state index contributed by atoms with van der Waals surface area (Å²) in [4.78, 5) is 0. The van der Waals surface area contributed by atoms with Gasteiger partial charge >= 0.3 is 0 Å². The normalized spacial score (nSPS) is 13.0. The van der Waals surface area contributed by atoms with E-state index in [4.69, 9.17) is 11.3 Å². The van der Waals surface area contributed by atoms with Gasteiger partial charge in [0.1, 0.15) is 11.3 Å². The fourth-order valence-electron chi connectivity index (χ4n) is 8.20. The first-order valence-electron chi connectivity index (χ1n) is 20.5. The lowest BCUT2D eigenvalue weighted by atomic mass is 9.84. The monoisotopic (exact) mass is 709 g/mol. The lowest BCUT2D eigenvalue weighted by molar-refractivity contribution is 0.632. The summed E-state index contributed by atoms with van der Waals surface area (Å²) in [6, 6.07) is 55.0. The fraction of sp³-hybridized carbons (Fsp3) is 0. The first kappa shape index (κ1) is 26.1. The first-order chi connectivity index (χ1) is 28.9. The summed E-state index contributed by atoms with van der Waals surface area (Å²) in [6.07, 6.45) is 0. The highest BCUT2D eigenvalue weighted by atomic mass is 32.1. The van der Waals surface area contributed by atoms with Crippen LogP contribution in [0.1, 0.15) is 6.85 Å². The van der Waals surface area contributed by atoms with Crippen molar-refractivity contribution in [2.24, 2.45) is 0 Å². The van der Waals surface area contributed by atoms with Gasteiger partial charge in [0.25, 0.3) is 0 Å². The van der Waals surface area contributed by atoms with Gasteiger partial charge in [-0.1, -0.05) is 158 Å². The van der Waals surface area contributed by atoms with E-state index >= 15 is 0 Å². The molecule has 0 unspecified atom stereocenters. The van der Waals surface area contributed by atoms with Gasteiger partial charge in [-0.15, -0.1) is 11.3 Å². The van der Waals surface area contributed by atoms with E-state index in [1.807, 2.05) is 48.5 Å². The van der Waals surface area contributed by atoms with Crippen LogP contribution in [-0.4, -0.2) is 0 Å². The number of thiophene rings is 1. The van der Waals surface area contributed by atoms with E-state index in [9.17, 15) is 0 Å². The van der Waals surface area contributed by atoms with Crippen LogP contribution in [0.4, 0.5) is 0 Å². The van der Waals surface area contributed by atoms with Crippen molar-refractivity contribution in [2.75, 3.05) is 0 Å². The van der Waals surface area contributed by atoms with Crippen molar-refractivity contribution in [3.63, 3.8) is 0 Å². The Bertz CT molecular complexity index is 3430. The summed E-state index contributed by atoms with van der Waals surface area (Å²) in [5.74, 6) is 0.814. The highest BCUT2D eigenvalue weighted by Gasteiger charge is 2.21. The Morgan fingerprint density at radius 2 is 1.04 bits per heavy atom. The van der Waals surface area contributed by atoms with Crippen molar-refractivity contribution in [3.8, 4) is 55.8 Å². The van der Waals surface area contributed by atoms with E-state index in [1.54, 1.807) is 11.3 Å². The molecule has 0 radical (unpaired) electrons. The summed E-state index contributed by atoms with van der Waals surface area (Å²) in [5.41, 5.74) is 9.17. The quantitative estimate of drug-likeness (QED) is 0.162. The van der Waals surface area contributed by atoms with Crippen molar-refractivity contribution >= 4 is 64.0 Å². The van der Waals surface area contributed by atoms with E-state index < -0.39 is 6.04 Å². The molecule has 0 N–H and O–H groups in total. The predicted molar refractivity (Wildman–Crippen MR) is 231 cm³/mol. The summed E-state index contributed by atoms with van der Waals surface area (Å²) in [7, 11) is 0. The number of hydrogen-bond donors (Lipinski definition) is 0. The fourth-order valence-corrected chi connectivity index (χ4v) is 9.38. The maximum atomic E-state index is 9.02. The van der Waals surface area contributed by atoms with Crippen molar-refractivity contribution in [2.45, 2.75) is 0 Å². The number of rotatable bonds is 5. The first-order valence-corrected chi connectivity index (χ1v) is 18.8. The molecule has 0 amide bonds. The van der Waals surface area contributed by atoms with E-state index in [2.05, 4.69) is 115 Å². The average molecular weight is 710 g/mol. The maximum absolute atomic E-state index is 9.02. The second-order valence-electron chi connectivity index (χ2n) is 13.6. The molecule has 54 heavy (non-hydrogen) atoms. The van der Waals surface area contributed by atoms with Crippen molar-refractivity contribution < 1.29 is 11.3 Å². The van der Waals surface area contributed by atoms with Gasteiger partial charge in [0.2, 0.25) is 0 Å². The molecule has 0 aliphatic heterocycles. The van der Waals surface area contributed by atoms with Gasteiger partial charge in [0.15, 0.2) is 0 Å². The predicted octanol–water partition coefficient (Wildman–Crippen LogP) is 15.4. The van der Waals surface area contributed by atoms with Gasteiger partial charge < -0.3 is 4.42 Å². The third kappa shape index (κ3) is 4.92. The molecule has 252 valence electrons. The van der Waals surface area contributed by atoms with Crippen LogP contribution in [0, 0.1) is 0 Å². The minimum Gasteiger partial charge on any atom is -0.456 e. The Morgan fingerprint density at radius 3 is 1.78 bits per heavy atom. The topological polar surface area (TPSA) is 13.1 Å². The number of hydrogen-bond acceptors (Lipinski definition) is 2. The molecule has 0 aliphatic carbocycles.